The molecule has 0 radical (unpaired) electrons. The van der Waals surface area contributed by atoms with Gasteiger partial charge in [0.2, 0.25) is 0 Å². The van der Waals surface area contributed by atoms with Crippen LogP contribution >= 0.6 is 35.3 Å². The molecule has 0 bridgehead atoms. The van der Waals surface area contributed by atoms with Crippen LogP contribution in [0, 0.1) is 0 Å². The van der Waals surface area contributed by atoms with E-state index in [0.717, 1.165) is 38.2 Å². The molecule has 23 heavy (non-hydrogen) atoms. The van der Waals surface area contributed by atoms with Crippen LogP contribution in [0.5, 0.6) is 0 Å². The van der Waals surface area contributed by atoms with Gasteiger partial charge in [0.15, 0.2) is 5.96 Å². The van der Waals surface area contributed by atoms with Gasteiger partial charge >= 0.3 is 0 Å². The molecule has 1 saturated heterocycles. The van der Waals surface area contributed by atoms with E-state index in [0.29, 0.717) is 0 Å². The van der Waals surface area contributed by atoms with Crippen LogP contribution in [0.25, 0.3) is 0 Å². The first-order valence-electron chi connectivity index (χ1n) is 8.60. The van der Waals surface area contributed by atoms with Gasteiger partial charge in [0, 0.05) is 25.7 Å². The predicted octanol–water partition coefficient (Wildman–Crippen LogP) is 3.69. The minimum absolute atomic E-state index is 0. The van der Waals surface area contributed by atoms with Gasteiger partial charge in [-0.15, -0.1) is 24.0 Å². The zero-order chi connectivity index (χ0) is 15.6. The number of guanidine groups is 1. The molecule has 0 amide bonds. The minimum Gasteiger partial charge on any atom is -0.357 e. The van der Waals surface area contributed by atoms with Gasteiger partial charge in [-0.25, -0.2) is 4.99 Å². The van der Waals surface area contributed by atoms with Gasteiger partial charge in [-0.1, -0.05) is 13.3 Å². The van der Waals surface area contributed by atoms with Gasteiger partial charge in [-0.3, -0.25) is 4.90 Å². The number of halogens is 1. The monoisotopic (exact) mass is 450 g/mol. The Morgan fingerprint density at radius 1 is 1.35 bits per heavy atom. The standard InChI is InChI=1S/C17H30N4S.HI/c1-3-16-7-5-6-10-21(16)11-9-19-17(18-4-2)20-13-15-8-12-22-14-15;/h8,12,14,16H,3-7,9-11,13H2,1-2H3,(H2,18,19,20);1H. The van der Waals surface area contributed by atoms with E-state index in [9.17, 15) is 0 Å². The van der Waals surface area contributed by atoms with Crippen LogP contribution in [0.1, 0.15) is 45.1 Å². The van der Waals surface area contributed by atoms with Crippen molar-refractivity contribution in [3.05, 3.63) is 22.4 Å². The SMILES string of the molecule is CCNC(=NCc1ccsc1)NCCN1CCCCC1CC.I. The van der Waals surface area contributed by atoms with Crippen molar-refractivity contribution >= 4 is 41.3 Å². The second kappa shape index (κ2) is 12.1. The normalized spacial score (nSPS) is 19.2. The summed E-state index contributed by atoms with van der Waals surface area (Å²) in [5.41, 5.74) is 1.28. The summed E-state index contributed by atoms with van der Waals surface area (Å²) >= 11 is 1.73. The maximum atomic E-state index is 4.66. The molecule has 4 nitrogen and oxygen atoms in total. The summed E-state index contributed by atoms with van der Waals surface area (Å²) < 4.78 is 0. The second-order valence-corrected chi connectivity index (χ2v) is 6.63. The van der Waals surface area contributed by atoms with Crippen LogP contribution in [0.2, 0.25) is 0 Å². The first-order valence-corrected chi connectivity index (χ1v) is 9.55. The van der Waals surface area contributed by atoms with Gasteiger partial charge < -0.3 is 10.6 Å². The summed E-state index contributed by atoms with van der Waals surface area (Å²) in [6, 6.07) is 2.91. The van der Waals surface area contributed by atoms with Crippen LogP contribution in [0.3, 0.4) is 0 Å². The molecule has 1 aromatic heterocycles. The molecule has 1 fully saturated rings. The number of piperidine rings is 1. The third-order valence-electron chi connectivity index (χ3n) is 4.26. The Bertz CT molecular complexity index is 436. The van der Waals surface area contributed by atoms with Crippen LogP contribution in [0.4, 0.5) is 0 Å². The predicted molar refractivity (Wildman–Crippen MR) is 112 cm³/mol. The quantitative estimate of drug-likeness (QED) is 0.378. The molecule has 132 valence electrons. The first kappa shape index (κ1) is 20.7. The lowest BCUT2D eigenvalue weighted by atomic mass is 10.0. The van der Waals surface area contributed by atoms with Crippen LogP contribution in [-0.4, -0.2) is 43.1 Å². The Hall–Kier alpha value is -0.340. The van der Waals surface area contributed by atoms with Crippen molar-refractivity contribution in [2.75, 3.05) is 26.2 Å². The molecule has 2 rings (SSSR count). The first-order chi connectivity index (χ1) is 10.8. The average molecular weight is 450 g/mol. The molecule has 1 unspecified atom stereocenters. The summed E-state index contributed by atoms with van der Waals surface area (Å²) in [5, 5.41) is 11.1. The van der Waals surface area contributed by atoms with E-state index in [1.54, 1.807) is 11.3 Å². The van der Waals surface area contributed by atoms with E-state index in [4.69, 9.17) is 0 Å². The number of aliphatic imine (C=N–C) groups is 1. The minimum atomic E-state index is 0. The molecule has 0 aliphatic carbocycles. The zero-order valence-electron chi connectivity index (χ0n) is 14.4. The van der Waals surface area contributed by atoms with E-state index in [2.05, 4.69) is 51.2 Å². The highest BCUT2D eigenvalue weighted by atomic mass is 127. The van der Waals surface area contributed by atoms with Crippen molar-refractivity contribution < 1.29 is 0 Å². The largest absolute Gasteiger partial charge is 0.357 e. The van der Waals surface area contributed by atoms with Crippen LogP contribution in [0.15, 0.2) is 21.8 Å². The highest BCUT2D eigenvalue weighted by molar-refractivity contribution is 14.0. The molecule has 0 spiro atoms. The number of thiophene rings is 1. The Kier molecular flexibility index (Phi) is 10.9. The number of hydrogen-bond donors (Lipinski definition) is 2. The number of nitrogens with one attached hydrogen (secondary N) is 2. The van der Waals surface area contributed by atoms with Gasteiger partial charge in [0.1, 0.15) is 0 Å². The molecule has 1 aliphatic rings. The van der Waals surface area contributed by atoms with E-state index >= 15 is 0 Å². The lowest BCUT2D eigenvalue weighted by Crippen LogP contribution is -2.45. The smallest absolute Gasteiger partial charge is 0.191 e. The van der Waals surface area contributed by atoms with Crippen molar-refractivity contribution in [2.24, 2.45) is 4.99 Å². The Balaban J connectivity index is 0.00000264. The average Bonchev–Trinajstić information content (AvgIpc) is 3.06. The van der Waals surface area contributed by atoms with Crippen LogP contribution < -0.4 is 10.6 Å². The summed E-state index contributed by atoms with van der Waals surface area (Å²) in [6.07, 6.45) is 5.38. The highest BCUT2D eigenvalue weighted by Gasteiger charge is 2.19. The van der Waals surface area contributed by atoms with Crippen molar-refractivity contribution in [2.45, 2.75) is 52.1 Å². The number of hydrogen-bond acceptors (Lipinski definition) is 3. The lowest BCUT2D eigenvalue weighted by Gasteiger charge is -2.35. The maximum Gasteiger partial charge on any atom is 0.191 e. The molecule has 1 aliphatic heterocycles. The Morgan fingerprint density at radius 2 is 2.22 bits per heavy atom. The molecule has 0 saturated carbocycles. The van der Waals surface area contributed by atoms with Gasteiger partial charge in [0.25, 0.3) is 0 Å². The summed E-state index contributed by atoms with van der Waals surface area (Å²) in [4.78, 5) is 7.30. The molecule has 1 aromatic rings. The molecule has 0 aromatic carbocycles. The molecular formula is C17H31IN4S. The van der Waals surface area contributed by atoms with Crippen molar-refractivity contribution in [3.8, 4) is 0 Å². The molecule has 2 heterocycles. The Labute approximate surface area is 162 Å². The number of likely N-dealkylation sites (tertiary alicyclic amines) is 1. The Morgan fingerprint density at radius 3 is 2.91 bits per heavy atom. The van der Waals surface area contributed by atoms with Crippen molar-refractivity contribution in [3.63, 3.8) is 0 Å². The van der Waals surface area contributed by atoms with Gasteiger partial charge in [0.05, 0.1) is 6.54 Å². The number of rotatable bonds is 7. The van der Waals surface area contributed by atoms with Crippen molar-refractivity contribution in [1.82, 2.24) is 15.5 Å². The third kappa shape index (κ3) is 7.39. The van der Waals surface area contributed by atoms with E-state index in [1.165, 1.54) is 37.8 Å². The lowest BCUT2D eigenvalue weighted by molar-refractivity contribution is 0.147. The summed E-state index contributed by atoms with van der Waals surface area (Å²) in [5.74, 6) is 0.929. The van der Waals surface area contributed by atoms with Crippen molar-refractivity contribution in [1.29, 1.82) is 0 Å². The van der Waals surface area contributed by atoms with Crippen LogP contribution in [-0.2, 0) is 6.54 Å². The molecule has 2 N–H and O–H groups in total. The summed E-state index contributed by atoms with van der Waals surface area (Å²) in [7, 11) is 0. The molecule has 6 heteroatoms. The van der Waals surface area contributed by atoms with Gasteiger partial charge in [-0.05, 0) is 55.1 Å². The van der Waals surface area contributed by atoms with E-state index in [-0.39, 0.29) is 24.0 Å². The zero-order valence-corrected chi connectivity index (χ0v) is 17.5. The maximum absolute atomic E-state index is 4.66. The third-order valence-corrected chi connectivity index (χ3v) is 4.99. The molecular weight excluding hydrogens is 419 g/mol. The second-order valence-electron chi connectivity index (χ2n) is 5.85. The fourth-order valence-electron chi connectivity index (χ4n) is 3.03. The topological polar surface area (TPSA) is 39.7 Å². The van der Waals surface area contributed by atoms with E-state index < -0.39 is 0 Å². The fraction of sp³-hybridized carbons (Fsp3) is 0.706. The fourth-order valence-corrected chi connectivity index (χ4v) is 3.69. The number of nitrogens with zero attached hydrogens (tertiary/aromatic N) is 2. The highest BCUT2D eigenvalue weighted by Crippen LogP contribution is 2.18. The van der Waals surface area contributed by atoms with Gasteiger partial charge in [-0.2, -0.15) is 11.3 Å². The van der Waals surface area contributed by atoms with E-state index in [1.807, 2.05) is 0 Å². The molecule has 1 atom stereocenters. The summed E-state index contributed by atoms with van der Waals surface area (Å²) in [6.45, 7) is 9.40.